The molecule has 1 nitrogen and oxygen atoms in total. The van der Waals surface area contributed by atoms with Crippen molar-refractivity contribution >= 4 is 39.3 Å². The summed E-state index contributed by atoms with van der Waals surface area (Å²) in [5, 5.41) is 1.16. The van der Waals surface area contributed by atoms with Crippen molar-refractivity contribution in [1.82, 2.24) is 4.90 Å². The van der Waals surface area contributed by atoms with Crippen LogP contribution >= 0.6 is 39.3 Å². The van der Waals surface area contributed by atoms with Gasteiger partial charge in [0.15, 0.2) is 0 Å². The minimum atomic E-state index is 0.358. The van der Waals surface area contributed by atoms with Crippen LogP contribution in [0.1, 0.15) is 0 Å². The number of likely N-dealkylation sites (N-methyl/N-ethyl adjacent to an activating group) is 1. The number of hydrogen-bond donors (Lipinski definition) is 0. The van der Waals surface area contributed by atoms with Gasteiger partial charge in [0.1, 0.15) is 10.5 Å². The highest BCUT2D eigenvalue weighted by Gasteiger charge is 2.28. The molecule has 64 valence electrons. The molecular weight excluding hydrogens is 258 g/mol. The van der Waals surface area contributed by atoms with E-state index in [0.717, 1.165) is 5.16 Å². The largest absolute Gasteiger partial charge is 0.349 e. The Balaban J connectivity index is 2.34. The summed E-state index contributed by atoms with van der Waals surface area (Å²) in [5.41, 5.74) is 1.30. The normalized spacial score (nSPS) is 27.8. The zero-order chi connectivity index (χ0) is 8.72. The van der Waals surface area contributed by atoms with Gasteiger partial charge in [-0.25, -0.2) is 0 Å². The van der Waals surface area contributed by atoms with E-state index in [0.29, 0.717) is 5.37 Å². The monoisotopic (exact) mass is 263 g/mol. The van der Waals surface area contributed by atoms with Gasteiger partial charge in [-0.1, -0.05) is 29.4 Å². The van der Waals surface area contributed by atoms with Gasteiger partial charge in [-0.3, -0.25) is 0 Å². The van der Waals surface area contributed by atoms with E-state index in [1.165, 1.54) is 9.39 Å². The average molecular weight is 265 g/mol. The predicted molar refractivity (Wildman–Crippen MR) is 58.2 cm³/mol. The third-order valence-corrected chi connectivity index (χ3v) is 4.23. The second-order valence-electron chi connectivity index (χ2n) is 2.69. The van der Waals surface area contributed by atoms with Crippen LogP contribution in [0.5, 0.6) is 0 Å². The molecule has 0 aliphatic carbocycles. The minimum absolute atomic E-state index is 0.358. The summed E-state index contributed by atoms with van der Waals surface area (Å²) in [7, 11) is 2.00. The van der Waals surface area contributed by atoms with E-state index < -0.39 is 0 Å². The maximum absolute atomic E-state index is 5.97. The number of halogens is 2. The fourth-order valence-electron chi connectivity index (χ4n) is 1.24. The molecule has 2 aliphatic heterocycles. The van der Waals surface area contributed by atoms with Crippen LogP contribution in [0.4, 0.5) is 0 Å². The fraction of sp³-hybridized carbons (Fsp3) is 0.250. The Morgan fingerprint density at radius 3 is 3.08 bits per heavy atom. The summed E-state index contributed by atoms with van der Waals surface area (Å²) in [6, 6.07) is 0. The number of nitrogens with zero attached hydrogens (tertiary/aromatic N) is 1. The van der Waals surface area contributed by atoms with Gasteiger partial charge in [0.25, 0.3) is 0 Å². The Labute approximate surface area is 89.3 Å². The van der Waals surface area contributed by atoms with Crippen molar-refractivity contribution in [3.05, 3.63) is 32.8 Å². The first-order valence-electron chi connectivity index (χ1n) is 3.52. The molecule has 2 rings (SSSR count). The zero-order valence-electron chi connectivity index (χ0n) is 6.42. The number of allylic oxidation sites excluding steroid dienone is 2. The zero-order valence-corrected chi connectivity index (χ0v) is 9.58. The van der Waals surface area contributed by atoms with Crippen molar-refractivity contribution in [2.75, 3.05) is 7.05 Å². The van der Waals surface area contributed by atoms with E-state index in [4.69, 9.17) is 11.6 Å². The lowest BCUT2D eigenvalue weighted by atomic mass is 10.2. The van der Waals surface area contributed by atoms with Crippen LogP contribution in [0.15, 0.2) is 32.8 Å². The molecule has 0 aromatic heterocycles. The van der Waals surface area contributed by atoms with Crippen LogP contribution in [-0.4, -0.2) is 17.3 Å². The quantitative estimate of drug-likeness (QED) is 0.618. The van der Waals surface area contributed by atoms with Gasteiger partial charge in [-0.05, 0) is 33.7 Å². The summed E-state index contributed by atoms with van der Waals surface area (Å²) in [6.07, 6.45) is 6.12. The van der Waals surface area contributed by atoms with E-state index in [2.05, 4.69) is 33.0 Å². The van der Waals surface area contributed by atoms with Gasteiger partial charge in [0.2, 0.25) is 0 Å². The van der Waals surface area contributed by atoms with E-state index in [9.17, 15) is 0 Å². The van der Waals surface area contributed by atoms with Crippen LogP contribution in [-0.2, 0) is 0 Å². The van der Waals surface area contributed by atoms with Gasteiger partial charge in [0.05, 0.1) is 3.81 Å². The Kier molecular flexibility index (Phi) is 2.27. The lowest BCUT2D eigenvalue weighted by Gasteiger charge is -2.28. The molecule has 0 fully saturated rings. The highest BCUT2D eigenvalue weighted by Crippen LogP contribution is 2.43. The summed E-state index contributed by atoms with van der Waals surface area (Å²) < 4.78 is 1.17. The molecule has 0 amide bonds. The molecule has 0 N–H and O–H groups in total. The SMILES string of the molecule is CN1C(Cl)=CC=C2C=C(Br)SC21. The third-order valence-electron chi connectivity index (χ3n) is 1.89. The van der Waals surface area contributed by atoms with Gasteiger partial charge < -0.3 is 4.90 Å². The summed E-state index contributed by atoms with van der Waals surface area (Å²) in [4.78, 5) is 2.06. The standard InChI is InChI=1S/C8H7BrClNS/c1-11-7(10)3-2-5-4-6(9)12-8(5)11/h2-4,8H,1H3. The molecule has 1 atom stereocenters. The third kappa shape index (κ3) is 1.34. The predicted octanol–water partition coefficient (Wildman–Crippen LogP) is 3.25. The summed E-state index contributed by atoms with van der Waals surface area (Å²) in [6.45, 7) is 0. The van der Waals surface area contributed by atoms with E-state index >= 15 is 0 Å². The molecule has 2 aliphatic rings. The molecule has 0 saturated carbocycles. The molecule has 1 unspecified atom stereocenters. The molecule has 0 aromatic rings. The minimum Gasteiger partial charge on any atom is -0.349 e. The lowest BCUT2D eigenvalue weighted by Crippen LogP contribution is -2.27. The van der Waals surface area contributed by atoms with Gasteiger partial charge in [-0.15, -0.1) is 0 Å². The number of fused-ring (bicyclic) bond motifs is 1. The highest BCUT2D eigenvalue weighted by molar-refractivity contribution is 9.14. The average Bonchev–Trinajstić information content (AvgIpc) is 2.39. The number of rotatable bonds is 0. The van der Waals surface area contributed by atoms with Crippen molar-refractivity contribution in [2.24, 2.45) is 0 Å². The Morgan fingerprint density at radius 1 is 1.58 bits per heavy atom. The van der Waals surface area contributed by atoms with Gasteiger partial charge in [-0.2, -0.15) is 0 Å². The lowest BCUT2D eigenvalue weighted by molar-refractivity contribution is 0.452. The smallest absolute Gasteiger partial charge is 0.106 e. The summed E-state index contributed by atoms with van der Waals surface area (Å²) >= 11 is 11.2. The number of thioether (sulfide) groups is 1. The maximum atomic E-state index is 5.97. The van der Waals surface area contributed by atoms with Crippen LogP contribution in [0.25, 0.3) is 0 Å². The Hall–Kier alpha value is 0.140. The fourth-order valence-corrected chi connectivity index (χ4v) is 3.22. The van der Waals surface area contributed by atoms with Crippen molar-refractivity contribution in [1.29, 1.82) is 0 Å². The molecule has 4 heteroatoms. The first-order chi connectivity index (χ1) is 5.68. The van der Waals surface area contributed by atoms with Crippen LogP contribution in [0, 0.1) is 0 Å². The van der Waals surface area contributed by atoms with Crippen LogP contribution < -0.4 is 0 Å². The molecule has 0 saturated heterocycles. The van der Waals surface area contributed by atoms with Crippen molar-refractivity contribution in [3.8, 4) is 0 Å². The van der Waals surface area contributed by atoms with E-state index in [-0.39, 0.29) is 0 Å². The molecule has 0 bridgehead atoms. The molecule has 12 heavy (non-hydrogen) atoms. The van der Waals surface area contributed by atoms with E-state index in [1.54, 1.807) is 11.8 Å². The van der Waals surface area contributed by atoms with Gasteiger partial charge >= 0.3 is 0 Å². The van der Waals surface area contributed by atoms with E-state index in [1.807, 2.05) is 13.1 Å². The van der Waals surface area contributed by atoms with Crippen LogP contribution in [0.3, 0.4) is 0 Å². The Morgan fingerprint density at radius 2 is 2.33 bits per heavy atom. The Bertz CT molecular complexity index is 308. The summed E-state index contributed by atoms with van der Waals surface area (Å²) in [5.74, 6) is 0. The number of hydrogen-bond acceptors (Lipinski definition) is 2. The molecule has 2 heterocycles. The maximum Gasteiger partial charge on any atom is 0.106 e. The van der Waals surface area contributed by atoms with Crippen molar-refractivity contribution in [3.63, 3.8) is 0 Å². The second-order valence-corrected chi connectivity index (χ2v) is 5.57. The highest BCUT2D eigenvalue weighted by atomic mass is 79.9. The molecule has 0 spiro atoms. The topological polar surface area (TPSA) is 3.24 Å². The molecule has 0 radical (unpaired) electrons. The van der Waals surface area contributed by atoms with Crippen LogP contribution in [0.2, 0.25) is 0 Å². The second kappa shape index (κ2) is 3.13. The first kappa shape index (κ1) is 8.73. The first-order valence-corrected chi connectivity index (χ1v) is 5.57. The molecule has 0 aromatic carbocycles. The van der Waals surface area contributed by atoms with Crippen molar-refractivity contribution < 1.29 is 0 Å². The van der Waals surface area contributed by atoms with Gasteiger partial charge in [0, 0.05) is 7.05 Å². The van der Waals surface area contributed by atoms with Crippen molar-refractivity contribution in [2.45, 2.75) is 5.37 Å². The molecular formula is C8H7BrClNS.